The molecule has 124 valence electrons. The summed E-state index contributed by atoms with van der Waals surface area (Å²) in [6, 6.07) is 14.5. The average molecular weight is 475 g/mol. The van der Waals surface area contributed by atoms with Gasteiger partial charge in [-0.2, -0.15) is 0 Å². The summed E-state index contributed by atoms with van der Waals surface area (Å²) in [7, 11) is 0. The third-order valence-corrected chi connectivity index (χ3v) is 6.23. The first-order chi connectivity index (χ1) is 12.1. The first-order valence-corrected chi connectivity index (χ1v) is 10.1. The molecule has 1 N–H and O–H groups in total. The standard InChI is InChI=1S/C19H13Br2N3S/c1-11-2-7-14(8-16(11)21)24-18-17-15(9-25-19(17)23-10-22-18)12-3-5-13(20)6-4-12/h2-10H,1H3,(H,22,23,24). The summed E-state index contributed by atoms with van der Waals surface area (Å²) >= 11 is 8.71. The molecule has 2 aromatic carbocycles. The highest BCUT2D eigenvalue weighted by Crippen LogP contribution is 2.38. The second-order valence-electron chi connectivity index (χ2n) is 5.65. The van der Waals surface area contributed by atoms with Crippen LogP contribution in [0.25, 0.3) is 21.3 Å². The molecular formula is C19H13Br2N3S. The fourth-order valence-electron chi connectivity index (χ4n) is 2.62. The third-order valence-electron chi connectivity index (χ3n) is 3.96. The van der Waals surface area contributed by atoms with Crippen molar-refractivity contribution in [3.05, 3.63) is 68.7 Å². The Kier molecular flexibility index (Phi) is 4.58. The van der Waals surface area contributed by atoms with Crippen LogP contribution in [-0.4, -0.2) is 9.97 Å². The van der Waals surface area contributed by atoms with Crippen molar-refractivity contribution in [2.45, 2.75) is 6.92 Å². The quantitative estimate of drug-likeness (QED) is 0.349. The van der Waals surface area contributed by atoms with Gasteiger partial charge in [0.1, 0.15) is 17.0 Å². The third kappa shape index (κ3) is 3.34. The van der Waals surface area contributed by atoms with Gasteiger partial charge in [0, 0.05) is 25.6 Å². The molecule has 25 heavy (non-hydrogen) atoms. The van der Waals surface area contributed by atoms with Crippen LogP contribution >= 0.6 is 43.2 Å². The topological polar surface area (TPSA) is 37.8 Å². The van der Waals surface area contributed by atoms with Crippen molar-refractivity contribution >= 4 is 64.9 Å². The summed E-state index contributed by atoms with van der Waals surface area (Å²) in [5, 5.41) is 6.62. The number of aryl methyl sites for hydroxylation is 1. The van der Waals surface area contributed by atoms with Crippen LogP contribution in [0.5, 0.6) is 0 Å². The summed E-state index contributed by atoms with van der Waals surface area (Å²) in [6.45, 7) is 2.07. The number of hydrogen-bond acceptors (Lipinski definition) is 4. The van der Waals surface area contributed by atoms with Gasteiger partial charge in [0.2, 0.25) is 0 Å². The summed E-state index contributed by atoms with van der Waals surface area (Å²) in [4.78, 5) is 9.89. The van der Waals surface area contributed by atoms with Crippen molar-refractivity contribution in [3.63, 3.8) is 0 Å². The number of hydrogen-bond donors (Lipinski definition) is 1. The van der Waals surface area contributed by atoms with Crippen molar-refractivity contribution < 1.29 is 0 Å². The second kappa shape index (κ2) is 6.86. The highest BCUT2D eigenvalue weighted by Gasteiger charge is 2.13. The molecule has 0 saturated carbocycles. The highest BCUT2D eigenvalue weighted by molar-refractivity contribution is 9.10. The molecular weight excluding hydrogens is 462 g/mol. The zero-order chi connectivity index (χ0) is 17.4. The van der Waals surface area contributed by atoms with Gasteiger partial charge in [0.05, 0.1) is 5.39 Å². The maximum Gasteiger partial charge on any atom is 0.143 e. The van der Waals surface area contributed by atoms with E-state index in [1.54, 1.807) is 17.7 Å². The van der Waals surface area contributed by atoms with E-state index in [2.05, 4.69) is 89.8 Å². The van der Waals surface area contributed by atoms with E-state index in [1.807, 2.05) is 12.1 Å². The molecule has 0 saturated heterocycles. The molecule has 0 aliphatic rings. The molecule has 0 atom stereocenters. The Hall–Kier alpha value is -1.76. The minimum Gasteiger partial charge on any atom is -0.340 e. The first kappa shape index (κ1) is 16.7. The number of anilines is 2. The van der Waals surface area contributed by atoms with Crippen LogP contribution in [0.3, 0.4) is 0 Å². The van der Waals surface area contributed by atoms with Gasteiger partial charge in [-0.05, 0) is 42.3 Å². The SMILES string of the molecule is Cc1ccc(Nc2ncnc3scc(-c4ccc(Br)cc4)c23)cc1Br. The molecule has 2 aromatic heterocycles. The van der Waals surface area contributed by atoms with Gasteiger partial charge in [-0.3, -0.25) is 0 Å². The Morgan fingerprint density at radius 3 is 2.56 bits per heavy atom. The number of benzene rings is 2. The predicted molar refractivity (Wildman–Crippen MR) is 113 cm³/mol. The predicted octanol–water partition coefficient (Wildman–Crippen LogP) is 6.94. The number of nitrogens with zero attached hydrogens (tertiary/aromatic N) is 2. The van der Waals surface area contributed by atoms with E-state index in [-0.39, 0.29) is 0 Å². The first-order valence-electron chi connectivity index (χ1n) is 7.63. The molecule has 2 heterocycles. The number of nitrogens with one attached hydrogen (secondary N) is 1. The van der Waals surface area contributed by atoms with Crippen LogP contribution in [0, 0.1) is 6.92 Å². The molecule has 0 unspecified atom stereocenters. The average Bonchev–Trinajstić information content (AvgIpc) is 3.04. The lowest BCUT2D eigenvalue weighted by Gasteiger charge is -2.10. The van der Waals surface area contributed by atoms with Gasteiger partial charge in [-0.1, -0.05) is 50.1 Å². The monoisotopic (exact) mass is 473 g/mol. The molecule has 0 aliphatic heterocycles. The largest absolute Gasteiger partial charge is 0.340 e. The lowest BCUT2D eigenvalue weighted by molar-refractivity contribution is 1.23. The van der Waals surface area contributed by atoms with Gasteiger partial charge in [0.15, 0.2) is 0 Å². The molecule has 3 nitrogen and oxygen atoms in total. The second-order valence-corrected chi connectivity index (χ2v) is 8.28. The minimum atomic E-state index is 0.819. The van der Waals surface area contributed by atoms with E-state index in [9.17, 15) is 0 Å². The van der Waals surface area contributed by atoms with Crippen LogP contribution in [0.4, 0.5) is 11.5 Å². The molecule has 0 aliphatic carbocycles. The van der Waals surface area contributed by atoms with Crippen LogP contribution in [0.1, 0.15) is 5.56 Å². The number of fused-ring (bicyclic) bond motifs is 1. The lowest BCUT2D eigenvalue weighted by Crippen LogP contribution is -1.96. The van der Waals surface area contributed by atoms with Crippen molar-refractivity contribution in [3.8, 4) is 11.1 Å². The van der Waals surface area contributed by atoms with Crippen molar-refractivity contribution in [1.29, 1.82) is 0 Å². The Labute approximate surface area is 166 Å². The van der Waals surface area contributed by atoms with Crippen molar-refractivity contribution in [2.24, 2.45) is 0 Å². The zero-order valence-corrected chi connectivity index (χ0v) is 17.2. The smallest absolute Gasteiger partial charge is 0.143 e. The summed E-state index contributed by atoms with van der Waals surface area (Å²) in [6.07, 6.45) is 1.61. The van der Waals surface area contributed by atoms with Crippen LogP contribution in [-0.2, 0) is 0 Å². The molecule has 0 amide bonds. The summed E-state index contributed by atoms with van der Waals surface area (Å²) in [5.74, 6) is 0.819. The fourth-order valence-corrected chi connectivity index (χ4v) is 4.18. The van der Waals surface area contributed by atoms with Crippen molar-refractivity contribution in [1.82, 2.24) is 9.97 Å². The van der Waals surface area contributed by atoms with E-state index >= 15 is 0 Å². The Morgan fingerprint density at radius 1 is 1.00 bits per heavy atom. The summed E-state index contributed by atoms with van der Waals surface area (Å²) < 4.78 is 2.14. The van der Waals surface area contributed by atoms with Crippen molar-refractivity contribution in [2.75, 3.05) is 5.32 Å². The number of thiophene rings is 1. The number of aromatic nitrogens is 2. The van der Waals surface area contributed by atoms with E-state index in [1.165, 1.54) is 5.56 Å². The van der Waals surface area contributed by atoms with E-state index in [0.717, 1.165) is 41.8 Å². The summed E-state index contributed by atoms with van der Waals surface area (Å²) in [5.41, 5.74) is 4.48. The maximum absolute atomic E-state index is 4.49. The Morgan fingerprint density at radius 2 is 1.80 bits per heavy atom. The highest BCUT2D eigenvalue weighted by atomic mass is 79.9. The molecule has 6 heteroatoms. The Bertz CT molecular complexity index is 1060. The van der Waals surface area contributed by atoms with Gasteiger partial charge >= 0.3 is 0 Å². The Balaban J connectivity index is 1.82. The molecule has 4 aromatic rings. The van der Waals surface area contributed by atoms with Crippen LogP contribution in [0.2, 0.25) is 0 Å². The molecule has 0 fully saturated rings. The maximum atomic E-state index is 4.49. The van der Waals surface area contributed by atoms with Crippen LogP contribution in [0.15, 0.2) is 63.1 Å². The van der Waals surface area contributed by atoms with Crippen LogP contribution < -0.4 is 5.32 Å². The normalized spacial score (nSPS) is 11.0. The number of rotatable bonds is 3. The lowest BCUT2D eigenvalue weighted by atomic mass is 10.1. The molecule has 0 spiro atoms. The van der Waals surface area contributed by atoms with Gasteiger partial charge in [-0.15, -0.1) is 11.3 Å². The van der Waals surface area contributed by atoms with E-state index in [4.69, 9.17) is 0 Å². The number of halogens is 2. The van der Waals surface area contributed by atoms with E-state index in [0.29, 0.717) is 0 Å². The van der Waals surface area contributed by atoms with E-state index < -0.39 is 0 Å². The molecule has 4 rings (SSSR count). The fraction of sp³-hybridized carbons (Fsp3) is 0.0526. The van der Waals surface area contributed by atoms with Gasteiger partial charge in [-0.25, -0.2) is 9.97 Å². The zero-order valence-electron chi connectivity index (χ0n) is 13.3. The molecule has 0 bridgehead atoms. The minimum absolute atomic E-state index is 0.819. The van der Waals surface area contributed by atoms with Gasteiger partial charge < -0.3 is 5.32 Å². The molecule has 0 radical (unpaired) electrons. The van der Waals surface area contributed by atoms with Gasteiger partial charge in [0.25, 0.3) is 0 Å².